The lowest BCUT2D eigenvalue weighted by Gasteiger charge is -2.40. The van der Waals surface area contributed by atoms with E-state index in [2.05, 4.69) is 15.9 Å². The van der Waals surface area contributed by atoms with Crippen LogP contribution in [0, 0.1) is 11.2 Å². The van der Waals surface area contributed by atoms with Gasteiger partial charge in [0, 0.05) is 6.42 Å². The molecule has 1 aliphatic carbocycles. The minimum atomic E-state index is -0.469. The molecule has 17 heavy (non-hydrogen) atoms. The van der Waals surface area contributed by atoms with E-state index in [-0.39, 0.29) is 16.8 Å². The Labute approximate surface area is 109 Å². The maximum atomic E-state index is 13.8. The van der Waals surface area contributed by atoms with E-state index in [9.17, 15) is 9.18 Å². The van der Waals surface area contributed by atoms with E-state index < -0.39 is 5.82 Å². The van der Waals surface area contributed by atoms with Crippen LogP contribution in [0.1, 0.15) is 36.0 Å². The number of ketones is 1. The van der Waals surface area contributed by atoms with Gasteiger partial charge in [-0.25, -0.2) is 4.39 Å². The number of carbonyl (C=O) groups excluding carboxylic acids is 1. The van der Waals surface area contributed by atoms with Crippen molar-refractivity contribution in [2.75, 3.05) is 6.54 Å². The summed E-state index contributed by atoms with van der Waals surface area (Å²) in [6.45, 7) is 0.508. The molecule has 0 unspecified atom stereocenters. The molecular formula is C13H15BrFNO. The van der Waals surface area contributed by atoms with E-state index >= 15 is 0 Å². The standard InChI is InChI=1S/C13H15BrFNO/c14-10-4-1-3-9(12(10)15)11(17)7-13(8-16)5-2-6-13/h1,3-4H,2,5-8,16H2. The van der Waals surface area contributed by atoms with Gasteiger partial charge in [-0.3, -0.25) is 4.79 Å². The summed E-state index contributed by atoms with van der Waals surface area (Å²) in [4.78, 5) is 12.1. The van der Waals surface area contributed by atoms with Crippen LogP contribution >= 0.6 is 15.9 Å². The highest BCUT2D eigenvalue weighted by Gasteiger charge is 2.38. The van der Waals surface area contributed by atoms with Crippen LogP contribution in [-0.4, -0.2) is 12.3 Å². The average molecular weight is 300 g/mol. The molecule has 1 fully saturated rings. The number of rotatable bonds is 4. The first kappa shape index (κ1) is 12.7. The van der Waals surface area contributed by atoms with Crippen molar-refractivity contribution in [3.8, 4) is 0 Å². The quantitative estimate of drug-likeness (QED) is 0.867. The topological polar surface area (TPSA) is 43.1 Å². The third kappa shape index (κ3) is 2.43. The van der Waals surface area contributed by atoms with E-state index in [0.29, 0.717) is 17.4 Å². The Bertz CT molecular complexity index is 438. The monoisotopic (exact) mass is 299 g/mol. The maximum absolute atomic E-state index is 13.8. The second-order valence-electron chi connectivity index (χ2n) is 4.76. The number of hydrogen-bond acceptors (Lipinski definition) is 2. The lowest BCUT2D eigenvalue weighted by molar-refractivity contribution is 0.0782. The molecule has 0 radical (unpaired) electrons. The van der Waals surface area contributed by atoms with Crippen LogP contribution in [-0.2, 0) is 0 Å². The van der Waals surface area contributed by atoms with Crippen molar-refractivity contribution >= 4 is 21.7 Å². The number of benzene rings is 1. The Morgan fingerprint density at radius 2 is 2.18 bits per heavy atom. The molecule has 4 heteroatoms. The van der Waals surface area contributed by atoms with E-state index in [1.807, 2.05) is 0 Å². The molecule has 0 spiro atoms. The second-order valence-corrected chi connectivity index (χ2v) is 5.61. The van der Waals surface area contributed by atoms with E-state index in [0.717, 1.165) is 19.3 Å². The van der Waals surface area contributed by atoms with Crippen molar-refractivity contribution in [3.05, 3.63) is 34.1 Å². The van der Waals surface area contributed by atoms with Crippen LogP contribution in [0.4, 0.5) is 4.39 Å². The predicted molar refractivity (Wildman–Crippen MR) is 68.4 cm³/mol. The average Bonchev–Trinajstić information content (AvgIpc) is 2.27. The largest absolute Gasteiger partial charge is 0.330 e. The van der Waals surface area contributed by atoms with Gasteiger partial charge in [0.15, 0.2) is 5.78 Å². The van der Waals surface area contributed by atoms with Gasteiger partial charge in [-0.2, -0.15) is 0 Å². The molecular weight excluding hydrogens is 285 g/mol. The van der Waals surface area contributed by atoms with Crippen LogP contribution in [0.25, 0.3) is 0 Å². The number of hydrogen-bond donors (Lipinski definition) is 1. The van der Waals surface area contributed by atoms with Crippen molar-refractivity contribution in [3.63, 3.8) is 0 Å². The minimum absolute atomic E-state index is 0.0775. The Balaban J connectivity index is 2.17. The SMILES string of the molecule is NCC1(CC(=O)c2cccc(Br)c2F)CCC1. The summed E-state index contributed by atoms with van der Waals surface area (Å²) in [6.07, 6.45) is 3.43. The minimum Gasteiger partial charge on any atom is -0.330 e. The number of carbonyl (C=O) groups is 1. The molecule has 0 aromatic heterocycles. The molecule has 2 N–H and O–H groups in total. The van der Waals surface area contributed by atoms with Crippen molar-refractivity contribution < 1.29 is 9.18 Å². The molecule has 92 valence electrons. The summed E-state index contributed by atoms with van der Waals surface area (Å²) in [5, 5.41) is 0. The van der Waals surface area contributed by atoms with Gasteiger partial charge < -0.3 is 5.73 Å². The zero-order valence-corrected chi connectivity index (χ0v) is 11.1. The maximum Gasteiger partial charge on any atom is 0.166 e. The fraction of sp³-hybridized carbons (Fsp3) is 0.462. The second kappa shape index (κ2) is 4.86. The van der Waals surface area contributed by atoms with Gasteiger partial charge in [0.1, 0.15) is 5.82 Å². The van der Waals surface area contributed by atoms with Crippen molar-refractivity contribution in [2.45, 2.75) is 25.7 Å². The zero-order chi connectivity index (χ0) is 12.5. The lowest BCUT2D eigenvalue weighted by atomic mass is 9.65. The van der Waals surface area contributed by atoms with Gasteiger partial charge in [-0.15, -0.1) is 0 Å². The highest BCUT2D eigenvalue weighted by atomic mass is 79.9. The van der Waals surface area contributed by atoms with Crippen molar-refractivity contribution in [2.24, 2.45) is 11.1 Å². The first-order valence-corrected chi connectivity index (χ1v) is 6.55. The normalized spacial score (nSPS) is 17.6. The highest BCUT2D eigenvalue weighted by Crippen LogP contribution is 2.43. The van der Waals surface area contributed by atoms with Gasteiger partial charge in [0.2, 0.25) is 0 Å². The highest BCUT2D eigenvalue weighted by molar-refractivity contribution is 9.10. The first-order valence-electron chi connectivity index (χ1n) is 5.75. The van der Waals surface area contributed by atoms with E-state index in [1.165, 1.54) is 6.07 Å². The van der Waals surface area contributed by atoms with Crippen molar-refractivity contribution in [1.29, 1.82) is 0 Å². The molecule has 1 aliphatic rings. The molecule has 2 rings (SSSR count). The van der Waals surface area contributed by atoms with E-state index in [1.54, 1.807) is 12.1 Å². The summed E-state index contributed by atoms with van der Waals surface area (Å²) in [5.74, 6) is -0.613. The fourth-order valence-electron chi connectivity index (χ4n) is 2.28. The van der Waals surface area contributed by atoms with E-state index in [4.69, 9.17) is 5.73 Å². The number of halogens is 2. The smallest absolute Gasteiger partial charge is 0.166 e. The van der Waals surface area contributed by atoms with Crippen LogP contribution in [0.3, 0.4) is 0 Å². The van der Waals surface area contributed by atoms with Crippen LogP contribution in [0.2, 0.25) is 0 Å². The van der Waals surface area contributed by atoms with Crippen LogP contribution in [0.15, 0.2) is 22.7 Å². The summed E-state index contributed by atoms with van der Waals surface area (Å²) >= 11 is 3.09. The molecule has 0 saturated heterocycles. The molecule has 1 saturated carbocycles. The summed E-state index contributed by atoms with van der Waals surface area (Å²) in [7, 11) is 0. The molecule has 1 aromatic carbocycles. The predicted octanol–water partition coefficient (Wildman–Crippen LogP) is 3.29. The Morgan fingerprint density at radius 3 is 2.71 bits per heavy atom. The van der Waals surface area contributed by atoms with Gasteiger partial charge in [0.25, 0.3) is 0 Å². The summed E-state index contributed by atoms with van der Waals surface area (Å²) in [6, 6.07) is 4.80. The zero-order valence-electron chi connectivity index (χ0n) is 9.51. The lowest BCUT2D eigenvalue weighted by Crippen LogP contribution is -2.39. The molecule has 2 nitrogen and oxygen atoms in total. The summed E-state index contributed by atoms with van der Waals surface area (Å²) < 4.78 is 14.1. The van der Waals surface area contributed by atoms with Gasteiger partial charge in [-0.1, -0.05) is 12.5 Å². The molecule has 0 atom stereocenters. The molecule has 0 heterocycles. The number of nitrogens with two attached hydrogens (primary N) is 1. The third-order valence-corrected chi connectivity index (χ3v) is 4.25. The fourth-order valence-corrected chi connectivity index (χ4v) is 2.65. The molecule has 0 amide bonds. The Kier molecular flexibility index (Phi) is 3.64. The van der Waals surface area contributed by atoms with Gasteiger partial charge in [0.05, 0.1) is 10.0 Å². The van der Waals surface area contributed by atoms with Crippen LogP contribution < -0.4 is 5.73 Å². The molecule has 0 bridgehead atoms. The van der Waals surface area contributed by atoms with Crippen molar-refractivity contribution in [1.82, 2.24) is 0 Å². The van der Waals surface area contributed by atoms with Gasteiger partial charge >= 0.3 is 0 Å². The summed E-state index contributed by atoms with van der Waals surface area (Å²) in [5.41, 5.74) is 5.80. The molecule has 0 aliphatic heterocycles. The third-order valence-electron chi connectivity index (χ3n) is 3.63. The Hall–Kier alpha value is -0.740. The first-order chi connectivity index (χ1) is 8.08. The van der Waals surface area contributed by atoms with Crippen LogP contribution in [0.5, 0.6) is 0 Å². The number of Topliss-reactive ketones (excluding diaryl/α,β-unsaturated/α-hetero) is 1. The Morgan fingerprint density at radius 1 is 1.47 bits per heavy atom. The molecule has 1 aromatic rings. The van der Waals surface area contributed by atoms with Gasteiger partial charge in [-0.05, 0) is 52.9 Å².